The van der Waals surface area contributed by atoms with Crippen molar-refractivity contribution >= 4 is 28.4 Å². The Kier molecular flexibility index (Phi) is 5.58. The number of nitrogens with one attached hydrogen (secondary N) is 3. The summed E-state index contributed by atoms with van der Waals surface area (Å²) >= 11 is 0. The van der Waals surface area contributed by atoms with Crippen molar-refractivity contribution in [2.24, 2.45) is 5.10 Å². The van der Waals surface area contributed by atoms with Gasteiger partial charge in [-0.2, -0.15) is 10.2 Å². The monoisotopic (exact) mass is 395 g/mol. The molecule has 2 aromatic heterocycles. The molecule has 0 spiro atoms. The predicted molar refractivity (Wildman–Crippen MR) is 108 cm³/mol. The maximum absolute atomic E-state index is 12.6. The number of aromatic amines is 2. The minimum absolute atomic E-state index is 0.0587. The first-order chi connectivity index (χ1) is 13.8. The van der Waals surface area contributed by atoms with Crippen molar-refractivity contribution in [2.75, 3.05) is 6.61 Å². The van der Waals surface area contributed by atoms with E-state index in [0.29, 0.717) is 39.0 Å². The van der Waals surface area contributed by atoms with E-state index in [9.17, 15) is 14.4 Å². The van der Waals surface area contributed by atoms with E-state index < -0.39 is 11.9 Å². The highest BCUT2D eigenvalue weighted by Gasteiger charge is 2.21. The molecule has 29 heavy (non-hydrogen) atoms. The van der Waals surface area contributed by atoms with Gasteiger partial charge in [-0.25, -0.2) is 15.3 Å². The van der Waals surface area contributed by atoms with Gasteiger partial charge in [-0.15, -0.1) is 0 Å². The van der Waals surface area contributed by atoms with Crippen LogP contribution in [0.4, 0.5) is 0 Å². The normalized spacial score (nSPS) is 11.5. The molecular formula is C20H21N5O4. The Morgan fingerprint density at radius 1 is 1.21 bits per heavy atom. The highest BCUT2D eigenvalue weighted by molar-refractivity contribution is 6.06. The smallest absolute Gasteiger partial charge is 0.340 e. The van der Waals surface area contributed by atoms with E-state index in [1.165, 1.54) is 0 Å². The number of hydrogen-bond donors (Lipinski definition) is 3. The summed E-state index contributed by atoms with van der Waals surface area (Å²) in [4.78, 5) is 39.7. The van der Waals surface area contributed by atoms with Gasteiger partial charge in [-0.3, -0.25) is 9.59 Å². The first-order valence-corrected chi connectivity index (χ1v) is 9.03. The van der Waals surface area contributed by atoms with Gasteiger partial charge >= 0.3 is 5.97 Å². The van der Waals surface area contributed by atoms with Gasteiger partial charge in [0.05, 0.1) is 29.0 Å². The second-order valence-electron chi connectivity index (χ2n) is 6.43. The van der Waals surface area contributed by atoms with Crippen LogP contribution in [0.3, 0.4) is 0 Å². The van der Waals surface area contributed by atoms with Crippen LogP contribution in [0.15, 0.2) is 34.2 Å². The van der Waals surface area contributed by atoms with E-state index in [1.807, 2.05) is 0 Å². The molecule has 1 amide bonds. The van der Waals surface area contributed by atoms with Gasteiger partial charge in [0.1, 0.15) is 0 Å². The number of carbonyl (C=O) groups excluding carboxylic acids is 2. The molecule has 9 heteroatoms. The van der Waals surface area contributed by atoms with Crippen LogP contribution >= 0.6 is 0 Å². The Morgan fingerprint density at radius 3 is 2.59 bits per heavy atom. The maximum atomic E-state index is 12.6. The molecule has 0 fully saturated rings. The number of amides is 1. The van der Waals surface area contributed by atoms with Crippen molar-refractivity contribution in [3.8, 4) is 0 Å². The highest BCUT2D eigenvalue weighted by Crippen LogP contribution is 2.20. The lowest BCUT2D eigenvalue weighted by molar-refractivity contribution is 0.0525. The molecule has 0 unspecified atom stereocenters. The number of carbonyl (C=O) groups is 2. The number of benzene rings is 1. The van der Waals surface area contributed by atoms with E-state index in [2.05, 4.69) is 25.7 Å². The molecular weight excluding hydrogens is 374 g/mol. The summed E-state index contributed by atoms with van der Waals surface area (Å²) in [5, 5.41) is 11.1. The van der Waals surface area contributed by atoms with Gasteiger partial charge in [-0.05, 0) is 39.3 Å². The zero-order valence-corrected chi connectivity index (χ0v) is 16.5. The van der Waals surface area contributed by atoms with Crippen molar-refractivity contribution in [3.63, 3.8) is 0 Å². The molecule has 0 aliphatic carbocycles. The van der Waals surface area contributed by atoms with E-state index in [0.717, 1.165) is 0 Å². The Bertz CT molecular complexity index is 1190. The number of hydrazone groups is 1. The molecule has 3 aromatic rings. The fourth-order valence-electron chi connectivity index (χ4n) is 3.15. The van der Waals surface area contributed by atoms with Crippen molar-refractivity contribution in [3.05, 3.63) is 62.8 Å². The van der Waals surface area contributed by atoms with E-state index >= 15 is 0 Å². The number of H-pyrrole nitrogens is 2. The lowest BCUT2D eigenvalue weighted by atomic mass is 10.1. The first-order valence-electron chi connectivity index (χ1n) is 9.03. The lowest BCUT2D eigenvalue weighted by Gasteiger charge is -2.05. The molecule has 0 radical (unpaired) electrons. The number of hydrogen-bond acceptors (Lipinski definition) is 6. The Labute approximate surface area is 166 Å². The summed E-state index contributed by atoms with van der Waals surface area (Å²) in [5.41, 5.74) is 5.02. The molecule has 0 saturated heterocycles. The van der Waals surface area contributed by atoms with Gasteiger partial charge in [0.15, 0.2) is 5.69 Å². The Hall–Kier alpha value is -3.75. The zero-order valence-electron chi connectivity index (χ0n) is 16.5. The number of aromatic nitrogens is 3. The van der Waals surface area contributed by atoms with E-state index in [4.69, 9.17) is 4.74 Å². The van der Waals surface area contributed by atoms with Crippen LogP contribution in [0, 0.1) is 13.8 Å². The molecule has 9 nitrogen and oxygen atoms in total. The summed E-state index contributed by atoms with van der Waals surface area (Å²) in [6.07, 6.45) is 0. The molecule has 2 heterocycles. The van der Waals surface area contributed by atoms with Crippen LogP contribution in [0.25, 0.3) is 10.8 Å². The second-order valence-corrected chi connectivity index (χ2v) is 6.43. The highest BCUT2D eigenvalue weighted by atomic mass is 16.5. The molecule has 0 aliphatic heterocycles. The molecule has 0 atom stereocenters. The molecule has 3 N–H and O–H groups in total. The standard InChI is InChI=1S/C20H21N5O4/c1-5-29-20(28)15-10(2)16(21-11(15)3)12(4)22-25-19(27)17-13-8-6-7-9-14(13)18(26)24-23-17/h6-9,21H,5H2,1-4H3,(H,24,26)(H,25,27)/b22-12+. The number of rotatable bonds is 5. The van der Waals surface area contributed by atoms with Gasteiger partial charge in [-0.1, -0.05) is 18.2 Å². The molecule has 0 aliphatic rings. The summed E-state index contributed by atoms with van der Waals surface area (Å²) in [6, 6.07) is 6.69. The molecule has 0 saturated carbocycles. The number of ether oxygens (including phenoxy) is 1. The van der Waals surface area contributed by atoms with Gasteiger partial charge in [0, 0.05) is 11.1 Å². The molecule has 0 bridgehead atoms. The lowest BCUT2D eigenvalue weighted by Crippen LogP contribution is -2.23. The zero-order chi connectivity index (χ0) is 21.1. The maximum Gasteiger partial charge on any atom is 0.340 e. The third-order valence-corrected chi connectivity index (χ3v) is 4.52. The van der Waals surface area contributed by atoms with E-state index in [1.54, 1.807) is 52.0 Å². The van der Waals surface area contributed by atoms with Crippen molar-refractivity contribution < 1.29 is 14.3 Å². The van der Waals surface area contributed by atoms with E-state index in [-0.39, 0.29) is 17.9 Å². The van der Waals surface area contributed by atoms with Crippen molar-refractivity contribution in [2.45, 2.75) is 27.7 Å². The summed E-state index contributed by atoms with van der Waals surface area (Å²) in [7, 11) is 0. The van der Waals surface area contributed by atoms with Crippen LogP contribution in [0.5, 0.6) is 0 Å². The van der Waals surface area contributed by atoms with Gasteiger partial charge in [0.25, 0.3) is 11.5 Å². The third-order valence-electron chi connectivity index (χ3n) is 4.52. The average Bonchev–Trinajstić information content (AvgIpc) is 3.00. The fourth-order valence-corrected chi connectivity index (χ4v) is 3.15. The predicted octanol–water partition coefficient (Wildman–Crippen LogP) is 2.20. The quantitative estimate of drug-likeness (QED) is 0.346. The van der Waals surface area contributed by atoms with Gasteiger partial charge < -0.3 is 9.72 Å². The largest absolute Gasteiger partial charge is 0.462 e. The van der Waals surface area contributed by atoms with Crippen molar-refractivity contribution in [1.29, 1.82) is 0 Å². The van der Waals surface area contributed by atoms with Crippen LogP contribution < -0.4 is 11.0 Å². The first kappa shape index (κ1) is 20.0. The summed E-state index contributed by atoms with van der Waals surface area (Å²) < 4.78 is 5.08. The molecule has 150 valence electrons. The second kappa shape index (κ2) is 8.09. The summed E-state index contributed by atoms with van der Waals surface area (Å²) in [5.74, 6) is -0.978. The summed E-state index contributed by atoms with van der Waals surface area (Å²) in [6.45, 7) is 7.27. The number of aryl methyl sites for hydroxylation is 1. The number of esters is 1. The van der Waals surface area contributed by atoms with Gasteiger partial charge in [0.2, 0.25) is 0 Å². The molecule has 1 aromatic carbocycles. The van der Waals surface area contributed by atoms with Crippen LogP contribution in [-0.2, 0) is 4.74 Å². The number of fused-ring (bicyclic) bond motifs is 1. The minimum Gasteiger partial charge on any atom is -0.462 e. The van der Waals surface area contributed by atoms with Crippen LogP contribution in [0.1, 0.15) is 51.6 Å². The topological polar surface area (TPSA) is 129 Å². The van der Waals surface area contributed by atoms with Crippen LogP contribution in [0.2, 0.25) is 0 Å². The van der Waals surface area contributed by atoms with Crippen molar-refractivity contribution in [1.82, 2.24) is 20.6 Å². The SMILES string of the molecule is CCOC(=O)c1c(C)[nH]c(/C(C)=N/NC(=O)c2n[nH]c(=O)c3ccccc23)c1C. The molecule has 3 rings (SSSR count). The van der Waals surface area contributed by atoms with Crippen LogP contribution in [-0.4, -0.2) is 39.4 Å². The number of nitrogens with zero attached hydrogens (tertiary/aromatic N) is 2. The average molecular weight is 395 g/mol. The third kappa shape index (κ3) is 3.79. The fraction of sp³-hybridized carbons (Fsp3) is 0.250. The minimum atomic E-state index is -0.566. The Morgan fingerprint density at radius 2 is 1.90 bits per heavy atom. The Balaban J connectivity index is 1.89.